The Labute approximate surface area is 185 Å². The van der Waals surface area contributed by atoms with Gasteiger partial charge in [-0.3, -0.25) is 9.78 Å². The van der Waals surface area contributed by atoms with Crippen molar-refractivity contribution in [2.45, 2.75) is 6.04 Å². The van der Waals surface area contributed by atoms with Gasteiger partial charge in [-0.2, -0.15) is 9.97 Å². The van der Waals surface area contributed by atoms with Gasteiger partial charge >= 0.3 is 0 Å². The molecule has 2 aliphatic heterocycles. The topological polar surface area (TPSA) is 89.5 Å². The van der Waals surface area contributed by atoms with E-state index >= 15 is 0 Å². The van der Waals surface area contributed by atoms with Crippen molar-refractivity contribution < 1.29 is 14.3 Å². The van der Waals surface area contributed by atoms with E-state index in [9.17, 15) is 4.79 Å². The Hall–Kier alpha value is -3.78. The second-order valence-corrected chi connectivity index (χ2v) is 7.70. The van der Waals surface area contributed by atoms with E-state index in [-0.39, 0.29) is 11.7 Å². The number of methoxy groups -OCH3 is 2. The third kappa shape index (κ3) is 3.58. The molecule has 32 heavy (non-hydrogen) atoms. The molecule has 0 aliphatic carbocycles. The van der Waals surface area contributed by atoms with E-state index in [1.54, 1.807) is 26.5 Å². The quantitative estimate of drug-likeness (QED) is 0.599. The molecule has 0 saturated carbocycles. The maximum Gasteiger partial charge on any atom is 0.236 e. The minimum absolute atomic E-state index is 0.0378. The summed E-state index contributed by atoms with van der Waals surface area (Å²) in [4.78, 5) is 28.9. The predicted molar refractivity (Wildman–Crippen MR) is 120 cm³/mol. The zero-order valence-electron chi connectivity index (χ0n) is 17.9. The van der Waals surface area contributed by atoms with E-state index < -0.39 is 6.04 Å². The van der Waals surface area contributed by atoms with Gasteiger partial charge in [0.05, 0.1) is 26.3 Å². The molecule has 1 N–H and O–H groups in total. The molecular formula is C24H23N5O3. The number of nitrogens with one attached hydrogen (secondary N) is 1. The number of rotatable bonds is 6. The predicted octanol–water partition coefficient (Wildman–Crippen LogP) is 2.73. The molecular weight excluding hydrogens is 406 g/mol. The lowest BCUT2D eigenvalue weighted by atomic mass is 9.94. The van der Waals surface area contributed by atoms with Gasteiger partial charge in [-0.15, -0.1) is 0 Å². The van der Waals surface area contributed by atoms with E-state index in [4.69, 9.17) is 9.47 Å². The number of aromatic nitrogens is 3. The molecule has 0 radical (unpaired) electrons. The average molecular weight is 429 g/mol. The first-order valence-corrected chi connectivity index (χ1v) is 10.4. The first kappa shape index (κ1) is 20.1. The number of fused-ring (bicyclic) bond motifs is 1. The summed E-state index contributed by atoms with van der Waals surface area (Å²) >= 11 is 0. The van der Waals surface area contributed by atoms with Gasteiger partial charge in [-0.1, -0.05) is 36.4 Å². The number of ether oxygens (including phenoxy) is 2. The van der Waals surface area contributed by atoms with Gasteiger partial charge in [0, 0.05) is 37.0 Å². The van der Waals surface area contributed by atoms with Crippen LogP contribution < -0.4 is 19.7 Å². The third-order valence-electron chi connectivity index (χ3n) is 5.83. The standard InChI is InChI=1S/C24H23N5O3/c1-31-19-11-20(32-2)28-24(27-19)29-13-16-12-26-22(18(16)14-29)23(30)21-17(9-6-10-25-21)15-7-4-3-5-8-15/h3-11,14,16,22,26H,12-13H2,1-2H3. The van der Waals surface area contributed by atoms with Crippen molar-refractivity contribution in [2.75, 3.05) is 32.2 Å². The summed E-state index contributed by atoms with van der Waals surface area (Å²) in [6, 6.07) is 14.8. The van der Waals surface area contributed by atoms with Crippen LogP contribution in [0.3, 0.4) is 0 Å². The fourth-order valence-corrected chi connectivity index (χ4v) is 4.25. The van der Waals surface area contributed by atoms with Crippen LogP contribution in [-0.2, 0) is 0 Å². The molecule has 162 valence electrons. The monoisotopic (exact) mass is 429 g/mol. The lowest BCUT2D eigenvalue weighted by molar-refractivity contribution is 0.0962. The van der Waals surface area contributed by atoms with Crippen LogP contribution >= 0.6 is 0 Å². The molecule has 0 amide bonds. The fraction of sp³-hybridized carbons (Fsp3) is 0.250. The SMILES string of the molecule is COc1cc(OC)nc(N2C=C3C(CNC3C(=O)c3ncccc3-c3ccccc3)C2)n1. The Kier molecular flexibility index (Phi) is 5.28. The Morgan fingerprint density at radius 2 is 1.81 bits per heavy atom. The van der Waals surface area contributed by atoms with Crippen LogP contribution in [0.15, 0.2) is 66.5 Å². The number of anilines is 1. The Balaban J connectivity index is 1.46. The molecule has 2 aliphatic rings. The highest BCUT2D eigenvalue weighted by Gasteiger charge is 2.41. The molecule has 4 heterocycles. The van der Waals surface area contributed by atoms with Crippen molar-refractivity contribution in [2.24, 2.45) is 5.92 Å². The second-order valence-electron chi connectivity index (χ2n) is 7.70. The van der Waals surface area contributed by atoms with Gasteiger partial charge in [-0.25, -0.2) is 0 Å². The molecule has 5 rings (SSSR count). The molecule has 8 nitrogen and oxygen atoms in total. The van der Waals surface area contributed by atoms with Crippen LogP contribution in [0.4, 0.5) is 5.95 Å². The molecule has 1 fully saturated rings. The van der Waals surface area contributed by atoms with Crippen molar-refractivity contribution in [3.8, 4) is 22.9 Å². The summed E-state index contributed by atoms with van der Waals surface area (Å²) < 4.78 is 10.5. The number of pyridine rings is 1. The van der Waals surface area contributed by atoms with Gasteiger partial charge in [-0.05, 0) is 17.2 Å². The molecule has 3 aromatic rings. The van der Waals surface area contributed by atoms with Crippen LogP contribution in [0.5, 0.6) is 11.8 Å². The summed E-state index contributed by atoms with van der Waals surface area (Å²) in [6.07, 6.45) is 3.63. The summed E-state index contributed by atoms with van der Waals surface area (Å²) in [6.45, 7) is 1.38. The van der Waals surface area contributed by atoms with Gasteiger partial charge in [0.15, 0.2) is 0 Å². The van der Waals surface area contributed by atoms with E-state index in [0.717, 1.165) is 16.7 Å². The van der Waals surface area contributed by atoms with Crippen molar-refractivity contribution in [1.29, 1.82) is 0 Å². The Bertz CT molecular complexity index is 1160. The smallest absolute Gasteiger partial charge is 0.236 e. The summed E-state index contributed by atoms with van der Waals surface area (Å²) in [5.41, 5.74) is 3.29. The largest absolute Gasteiger partial charge is 0.481 e. The van der Waals surface area contributed by atoms with Crippen molar-refractivity contribution >= 4 is 11.7 Å². The van der Waals surface area contributed by atoms with Crippen LogP contribution in [0.2, 0.25) is 0 Å². The highest BCUT2D eigenvalue weighted by Crippen LogP contribution is 2.34. The van der Waals surface area contributed by atoms with Gasteiger partial charge in [0.1, 0.15) is 5.69 Å². The van der Waals surface area contributed by atoms with Crippen molar-refractivity contribution in [1.82, 2.24) is 20.3 Å². The number of Topliss-reactive ketones (excluding diaryl/α,β-unsaturated/α-hetero) is 1. The summed E-state index contributed by atoms with van der Waals surface area (Å²) in [7, 11) is 3.11. The number of nitrogens with zero attached hydrogens (tertiary/aromatic N) is 4. The van der Waals surface area contributed by atoms with Crippen LogP contribution in [-0.4, -0.2) is 54.1 Å². The molecule has 0 spiro atoms. The van der Waals surface area contributed by atoms with E-state index in [1.165, 1.54) is 0 Å². The first-order chi connectivity index (χ1) is 15.7. The number of hydrogen-bond acceptors (Lipinski definition) is 8. The number of benzene rings is 1. The molecule has 2 aromatic heterocycles. The second kappa shape index (κ2) is 8.39. The average Bonchev–Trinajstić information content (AvgIpc) is 3.45. The lowest BCUT2D eigenvalue weighted by Crippen LogP contribution is -2.33. The maximum atomic E-state index is 13.6. The van der Waals surface area contributed by atoms with Gasteiger partial charge in [0.2, 0.25) is 23.5 Å². The summed E-state index contributed by atoms with van der Waals surface area (Å²) in [5, 5.41) is 3.38. The highest BCUT2D eigenvalue weighted by atomic mass is 16.5. The number of hydrogen-bond donors (Lipinski definition) is 1. The number of carbonyl (C=O) groups excluding carboxylic acids is 1. The van der Waals surface area contributed by atoms with E-state index in [2.05, 4.69) is 20.3 Å². The summed E-state index contributed by atoms with van der Waals surface area (Å²) in [5.74, 6) is 1.48. The van der Waals surface area contributed by atoms with Crippen molar-refractivity contribution in [3.05, 3.63) is 72.2 Å². The van der Waals surface area contributed by atoms with E-state index in [1.807, 2.05) is 53.6 Å². The zero-order chi connectivity index (χ0) is 22.1. The van der Waals surface area contributed by atoms with Crippen LogP contribution in [0.25, 0.3) is 11.1 Å². The molecule has 2 atom stereocenters. The van der Waals surface area contributed by atoms with Crippen molar-refractivity contribution in [3.63, 3.8) is 0 Å². The first-order valence-electron chi connectivity index (χ1n) is 10.4. The lowest BCUT2D eigenvalue weighted by Gasteiger charge is -2.17. The van der Waals surface area contributed by atoms with Gasteiger partial charge < -0.3 is 19.7 Å². The highest BCUT2D eigenvalue weighted by molar-refractivity contribution is 6.05. The maximum absolute atomic E-state index is 13.6. The Morgan fingerprint density at radius 1 is 1.06 bits per heavy atom. The molecule has 2 unspecified atom stereocenters. The molecule has 1 saturated heterocycles. The molecule has 1 aromatic carbocycles. The number of carbonyl (C=O) groups is 1. The van der Waals surface area contributed by atoms with Gasteiger partial charge in [0.25, 0.3) is 0 Å². The number of ketones is 1. The fourth-order valence-electron chi connectivity index (χ4n) is 4.25. The zero-order valence-corrected chi connectivity index (χ0v) is 17.9. The normalized spacial score (nSPS) is 19.4. The molecule has 8 heteroatoms. The minimum atomic E-state index is -0.435. The minimum Gasteiger partial charge on any atom is -0.481 e. The molecule has 0 bridgehead atoms. The van der Waals surface area contributed by atoms with Crippen LogP contribution in [0.1, 0.15) is 10.5 Å². The Morgan fingerprint density at radius 3 is 2.53 bits per heavy atom. The van der Waals surface area contributed by atoms with Crippen LogP contribution in [0, 0.1) is 5.92 Å². The van der Waals surface area contributed by atoms with E-state index in [0.29, 0.717) is 36.5 Å². The third-order valence-corrected chi connectivity index (χ3v) is 5.83.